The third-order valence-electron chi connectivity index (χ3n) is 5.03. The molecule has 18 heavy (non-hydrogen) atoms. The summed E-state index contributed by atoms with van der Waals surface area (Å²) in [5.74, 6) is 3.89. The van der Waals surface area contributed by atoms with E-state index >= 15 is 0 Å². The summed E-state index contributed by atoms with van der Waals surface area (Å²) in [5, 5.41) is 0. The zero-order chi connectivity index (χ0) is 12.5. The molecule has 1 heterocycles. The molecule has 100 valence electrons. The van der Waals surface area contributed by atoms with Crippen molar-refractivity contribution in [2.75, 3.05) is 20.1 Å². The molecular weight excluding hydrogens is 224 g/mol. The second-order valence-corrected chi connectivity index (χ2v) is 6.14. The zero-order valence-corrected chi connectivity index (χ0v) is 11.2. The fraction of sp³-hybridized carbons (Fsp3) is 0.733. The number of nitrogens with two attached hydrogens (primary N) is 1. The lowest BCUT2D eigenvalue weighted by Gasteiger charge is -2.31. The van der Waals surface area contributed by atoms with E-state index in [9.17, 15) is 0 Å². The van der Waals surface area contributed by atoms with Crippen LogP contribution in [0.5, 0.6) is 0 Å². The van der Waals surface area contributed by atoms with Gasteiger partial charge in [-0.2, -0.15) is 0 Å². The standard InChI is InChI=1S/C15H24N2O/c1-17(14(9-16)15-3-2-6-18-15)10-13-8-11-4-5-12(13)7-11/h2-3,6,11-14H,4-5,7-10,16H2,1H3. The van der Waals surface area contributed by atoms with Gasteiger partial charge < -0.3 is 10.2 Å². The molecule has 0 spiro atoms. The van der Waals surface area contributed by atoms with Gasteiger partial charge in [0.25, 0.3) is 0 Å². The Morgan fingerprint density at radius 3 is 2.89 bits per heavy atom. The number of likely N-dealkylation sites (N-methyl/N-ethyl adjacent to an activating group) is 1. The number of nitrogens with zero attached hydrogens (tertiary/aromatic N) is 1. The highest BCUT2D eigenvalue weighted by atomic mass is 16.3. The highest BCUT2D eigenvalue weighted by Gasteiger charge is 2.40. The molecule has 3 rings (SSSR count). The van der Waals surface area contributed by atoms with E-state index in [0.29, 0.717) is 6.54 Å². The molecule has 2 bridgehead atoms. The predicted molar refractivity (Wildman–Crippen MR) is 72.1 cm³/mol. The van der Waals surface area contributed by atoms with E-state index in [2.05, 4.69) is 11.9 Å². The smallest absolute Gasteiger partial charge is 0.122 e. The number of hydrogen-bond donors (Lipinski definition) is 1. The summed E-state index contributed by atoms with van der Waals surface area (Å²) in [7, 11) is 2.19. The Kier molecular flexibility index (Phi) is 3.44. The van der Waals surface area contributed by atoms with Crippen molar-refractivity contribution < 1.29 is 4.42 Å². The molecule has 0 aliphatic heterocycles. The van der Waals surface area contributed by atoms with Crippen molar-refractivity contribution >= 4 is 0 Å². The molecule has 4 atom stereocenters. The topological polar surface area (TPSA) is 42.4 Å². The molecule has 0 amide bonds. The molecule has 2 aliphatic rings. The van der Waals surface area contributed by atoms with Crippen LogP contribution in [-0.4, -0.2) is 25.0 Å². The van der Waals surface area contributed by atoms with E-state index in [1.165, 1.54) is 32.2 Å². The van der Waals surface area contributed by atoms with Gasteiger partial charge in [-0.05, 0) is 56.2 Å². The second-order valence-electron chi connectivity index (χ2n) is 6.14. The Labute approximate surface area is 109 Å². The summed E-state index contributed by atoms with van der Waals surface area (Å²) in [6.45, 7) is 1.80. The van der Waals surface area contributed by atoms with Gasteiger partial charge in [0, 0.05) is 13.1 Å². The largest absolute Gasteiger partial charge is 0.468 e. The lowest BCUT2D eigenvalue weighted by atomic mass is 9.88. The third kappa shape index (κ3) is 2.21. The van der Waals surface area contributed by atoms with Crippen molar-refractivity contribution in [3.8, 4) is 0 Å². The molecule has 0 aromatic carbocycles. The first-order chi connectivity index (χ1) is 8.78. The van der Waals surface area contributed by atoms with Crippen LogP contribution in [0, 0.1) is 17.8 Å². The van der Waals surface area contributed by atoms with Crippen LogP contribution in [0.3, 0.4) is 0 Å². The Morgan fingerprint density at radius 1 is 1.44 bits per heavy atom. The van der Waals surface area contributed by atoms with Crippen molar-refractivity contribution in [1.29, 1.82) is 0 Å². The molecule has 1 aromatic rings. The van der Waals surface area contributed by atoms with Gasteiger partial charge in [0.15, 0.2) is 0 Å². The molecule has 4 unspecified atom stereocenters. The van der Waals surface area contributed by atoms with E-state index in [1.54, 1.807) is 6.26 Å². The van der Waals surface area contributed by atoms with Crippen LogP contribution in [0.25, 0.3) is 0 Å². The minimum Gasteiger partial charge on any atom is -0.468 e. The summed E-state index contributed by atoms with van der Waals surface area (Å²) in [4.78, 5) is 2.39. The van der Waals surface area contributed by atoms with Gasteiger partial charge in [-0.15, -0.1) is 0 Å². The van der Waals surface area contributed by atoms with Crippen LogP contribution in [0.2, 0.25) is 0 Å². The molecule has 0 saturated heterocycles. The van der Waals surface area contributed by atoms with Gasteiger partial charge in [0.1, 0.15) is 5.76 Å². The molecule has 2 fully saturated rings. The van der Waals surface area contributed by atoms with Gasteiger partial charge in [-0.1, -0.05) is 6.42 Å². The minimum absolute atomic E-state index is 0.235. The molecule has 2 aliphatic carbocycles. The third-order valence-corrected chi connectivity index (χ3v) is 5.03. The summed E-state index contributed by atoms with van der Waals surface area (Å²) < 4.78 is 5.51. The van der Waals surface area contributed by atoms with Crippen molar-refractivity contribution in [1.82, 2.24) is 4.90 Å². The lowest BCUT2D eigenvalue weighted by molar-refractivity contribution is 0.161. The van der Waals surface area contributed by atoms with Crippen molar-refractivity contribution in [2.45, 2.75) is 31.7 Å². The first kappa shape index (κ1) is 12.2. The molecule has 0 radical (unpaired) electrons. The van der Waals surface area contributed by atoms with E-state index < -0.39 is 0 Å². The summed E-state index contributed by atoms with van der Waals surface area (Å²) >= 11 is 0. The van der Waals surface area contributed by atoms with Crippen LogP contribution < -0.4 is 5.73 Å². The van der Waals surface area contributed by atoms with E-state index in [1.807, 2.05) is 12.1 Å². The quantitative estimate of drug-likeness (QED) is 0.871. The highest BCUT2D eigenvalue weighted by molar-refractivity contribution is 5.05. The molecule has 1 aromatic heterocycles. The predicted octanol–water partition coefficient (Wildman–Crippen LogP) is 2.65. The number of furan rings is 1. The number of hydrogen-bond acceptors (Lipinski definition) is 3. The molecule has 2 N–H and O–H groups in total. The first-order valence-corrected chi connectivity index (χ1v) is 7.21. The maximum Gasteiger partial charge on any atom is 0.122 e. The maximum atomic E-state index is 5.91. The Morgan fingerprint density at radius 2 is 2.33 bits per heavy atom. The first-order valence-electron chi connectivity index (χ1n) is 7.21. The summed E-state index contributed by atoms with van der Waals surface area (Å²) in [6, 6.07) is 4.22. The Hall–Kier alpha value is -0.800. The normalized spacial score (nSPS) is 32.3. The van der Waals surface area contributed by atoms with Crippen LogP contribution in [0.4, 0.5) is 0 Å². The van der Waals surface area contributed by atoms with Gasteiger partial charge in [0.05, 0.1) is 12.3 Å². The monoisotopic (exact) mass is 248 g/mol. The van der Waals surface area contributed by atoms with Crippen LogP contribution in [0.1, 0.15) is 37.5 Å². The number of rotatable bonds is 5. The molecule has 2 saturated carbocycles. The number of fused-ring (bicyclic) bond motifs is 2. The maximum absolute atomic E-state index is 5.91. The fourth-order valence-corrected chi connectivity index (χ4v) is 4.09. The van der Waals surface area contributed by atoms with Crippen molar-refractivity contribution in [3.05, 3.63) is 24.2 Å². The van der Waals surface area contributed by atoms with Gasteiger partial charge >= 0.3 is 0 Å². The van der Waals surface area contributed by atoms with Crippen molar-refractivity contribution in [2.24, 2.45) is 23.5 Å². The summed E-state index contributed by atoms with van der Waals surface area (Å²) in [5.41, 5.74) is 5.91. The fourth-order valence-electron chi connectivity index (χ4n) is 4.09. The average molecular weight is 248 g/mol. The van der Waals surface area contributed by atoms with Crippen LogP contribution in [0.15, 0.2) is 22.8 Å². The molecular formula is C15H24N2O. The Bertz CT molecular complexity index is 376. The lowest BCUT2D eigenvalue weighted by Crippen LogP contribution is -2.35. The molecule has 3 heteroatoms. The van der Waals surface area contributed by atoms with E-state index in [0.717, 1.165) is 23.5 Å². The highest BCUT2D eigenvalue weighted by Crippen LogP contribution is 2.48. The van der Waals surface area contributed by atoms with Crippen LogP contribution >= 0.6 is 0 Å². The van der Waals surface area contributed by atoms with Gasteiger partial charge in [0.2, 0.25) is 0 Å². The van der Waals surface area contributed by atoms with Gasteiger partial charge in [-0.25, -0.2) is 0 Å². The van der Waals surface area contributed by atoms with Gasteiger partial charge in [-0.3, -0.25) is 4.90 Å². The summed E-state index contributed by atoms with van der Waals surface area (Å²) in [6.07, 6.45) is 7.58. The Balaban J connectivity index is 1.61. The van der Waals surface area contributed by atoms with Crippen molar-refractivity contribution in [3.63, 3.8) is 0 Å². The zero-order valence-electron chi connectivity index (χ0n) is 11.2. The minimum atomic E-state index is 0.235. The SMILES string of the molecule is CN(CC1CC2CCC1C2)C(CN)c1ccco1. The van der Waals surface area contributed by atoms with E-state index in [-0.39, 0.29) is 6.04 Å². The molecule has 3 nitrogen and oxygen atoms in total. The van der Waals surface area contributed by atoms with E-state index in [4.69, 9.17) is 10.2 Å². The van der Waals surface area contributed by atoms with Crippen LogP contribution in [-0.2, 0) is 0 Å². The average Bonchev–Trinajstić information content (AvgIpc) is 3.05. The second kappa shape index (κ2) is 5.06.